The standard InChI is InChI=1S/C22H25N3O3/c1-14-21-17(16-6-4-5-7-18(16)24-21)10-11-25(14)22(26)23-13-15-8-9-19(27-2)20(12-15)28-3/h4-9,12,14,24H,10-11,13H2,1-3H3,(H,23,26). The second-order valence-corrected chi connectivity index (χ2v) is 7.03. The molecule has 2 amide bonds. The number of nitrogens with one attached hydrogen (secondary N) is 2. The van der Waals surface area contributed by atoms with Crippen molar-refractivity contribution in [3.8, 4) is 11.5 Å². The SMILES string of the molecule is COc1ccc(CNC(=O)N2CCc3c([nH]c4ccccc34)C2C)cc1OC. The van der Waals surface area contributed by atoms with Gasteiger partial charge in [-0.25, -0.2) is 4.79 Å². The van der Waals surface area contributed by atoms with Gasteiger partial charge in [0.25, 0.3) is 0 Å². The molecule has 1 aliphatic heterocycles. The number of ether oxygens (including phenoxy) is 2. The molecule has 2 heterocycles. The number of hydrogen-bond donors (Lipinski definition) is 2. The Kier molecular flexibility index (Phi) is 4.86. The molecule has 0 saturated heterocycles. The third kappa shape index (κ3) is 3.15. The Bertz CT molecular complexity index is 1010. The van der Waals surface area contributed by atoms with Crippen LogP contribution in [0.5, 0.6) is 11.5 Å². The van der Waals surface area contributed by atoms with E-state index in [0.717, 1.165) is 23.2 Å². The molecule has 0 saturated carbocycles. The van der Waals surface area contributed by atoms with Gasteiger partial charge in [-0.3, -0.25) is 0 Å². The molecular formula is C22H25N3O3. The van der Waals surface area contributed by atoms with Gasteiger partial charge in [0.05, 0.1) is 20.3 Å². The smallest absolute Gasteiger partial charge is 0.318 e. The highest BCUT2D eigenvalue weighted by Crippen LogP contribution is 2.34. The maximum atomic E-state index is 12.8. The van der Waals surface area contributed by atoms with Crippen LogP contribution in [0.4, 0.5) is 4.79 Å². The Hall–Kier alpha value is -3.15. The van der Waals surface area contributed by atoms with Gasteiger partial charge in [0.2, 0.25) is 0 Å². The summed E-state index contributed by atoms with van der Waals surface area (Å²) in [7, 11) is 3.21. The van der Waals surface area contributed by atoms with Gasteiger partial charge in [0, 0.05) is 29.7 Å². The lowest BCUT2D eigenvalue weighted by Crippen LogP contribution is -2.44. The first-order valence-corrected chi connectivity index (χ1v) is 9.47. The van der Waals surface area contributed by atoms with E-state index in [0.29, 0.717) is 24.6 Å². The van der Waals surface area contributed by atoms with Crippen molar-refractivity contribution in [2.45, 2.75) is 25.9 Å². The largest absolute Gasteiger partial charge is 0.493 e. The van der Waals surface area contributed by atoms with Gasteiger partial charge in [-0.1, -0.05) is 24.3 Å². The molecule has 1 unspecified atom stereocenters. The number of aromatic nitrogens is 1. The molecule has 2 aromatic carbocycles. The van der Waals surface area contributed by atoms with Crippen LogP contribution < -0.4 is 14.8 Å². The van der Waals surface area contributed by atoms with Crippen LogP contribution in [0.2, 0.25) is 0 Å². The number of carbonyl (C=O) groups is 1. The van der Waals surface area contributed by atoms with Crippen LogP contribution in [0.15, 0.2) is 42.5 Å². The molecule has 4 rings (SSSR count). The number of amides is 2. The molecule has 0 bridgehead atoms. The summed E-state index contributed by atoms with van der Waals surface area (Å²) in [5.74, 6) is 1.33. The van der Waals surface area contributed by atoms with E-state index in [9.17, 15) is 4.79 Å². The highest BCUT2D eigenvalue weighted by atomic mass is 16.5. The lowest BCUT2D eigenvalue weighted by Gasteiger charge is -2.33. The summed E-state index contributed by atoms with van der Waals surface area (Å²) >= 11 is 0. The molecule has 1 atom stereocenters. The maximum Gasteiger partial charge on any atom is 0.318 e. The first-order chi connectivity index (χ1) is 13.6. The van der Waals surface area contributed by atoms with E-state index >= 15 is 0 Å². The summed E-state index contributed by atoms with van der Waals surface area (Å²) in [6, 6.07) is 13.9. The van der Waals surface area contributed by atoms with Crippen LogP contribution in [-0.4, -0.2) is 36.7 Å². The number of para-hydroxylation sites is 1. The van der Waals surface area contributed by atoms with Crippen LogP contribution >= 0.6 is 0 Å². The molecular weight excluding hydrogens is 354 g/mol. The van der Waals surface area contributed by atoms with Crippen molar-refractivity contribution in [3.05, 3.63) is 59.3 Å². The van der Waals surface area contributed by atoms with Crippen molar-refractivity contribution in [1.29, 1.82) is 0 Å². The lowest BCUT2D eigenvalue weighted by molar-refractivity contribution is 0.173. The molecule has 0 aliphatic carbocycles. The van der Waals surface area contributed by atoms with Crippen molar-refractivity contribution in [2.24, 2.45) is 0 Å². The van der Waals surface area contributed by atoms with Crippen molar-refractivity contribution < 1.29 is 14.3 Å². The Balaban J connectivity index is 1.47. The predicted molar refractivity (Wildman–Crippen MR) is 109 cm³/mol. The number of benzene rings is 2. The minimum absolute atomic E-state index is 0.00144. The Morgan fingerprint density at radius 1 is 1.18 bits per heavy atom. The average Bonchev–Trinajstić information content (AvgIpc) is 3.11. The van der Waals surface area contributed by atoms with Gasteiger partial charge in [0.15, 0.2) is 11.5 Å². The molecule has 2 N–H and O–H groups in total. The fourth-order valence-corrected chi connectivity index (χ4v) is 3.98. The first kappa shape index (κ1) is 18.2. The molecule has 28 heavy (non-hydrogen) atoms. The van der Waals surface area contributed by atoms with E-state index in [1.807, 2.05) is 29.2 Å². The van der Waals surface area contributed by atoms with Crippen LogP contribution in [-0.2, 0) is 13.0 Å². The zero-order valence-electron chi connectivity index (χ0n) is 16.4. The number of fused-ring (bicyclic) bond motifs is 3. The molecule has 6 nitrogen and oxygen atoms in total. The summed E-state index contributed by atoms with van der Waals surface area (Å²) in [6.07, 6.45) is 0.855. The molecule has 0 spiro atoms. The monoisotopic (exact) mass is 379 g/mol. The summed E-state index contributed by atoms with van der Waals surface area (Å²) in [4.78, 5) is 18.2. The molecule has 3 aromatic rings. The fourth-order valence-electron chi connectivity index (χ4n) is 3.98. The highest BCUT2D eigenvalue weighted by molar-refractivity contribution is 5.86. The second-order valence-electron chi connectivity index (χ2n) is 7.03. The summed E-state index contributed by atoms with van der Waals surface area (Å²) in [5.41, 5.74) is 4.55. The van der Waals surface area contributed by atoms with Crippen molar-refractivity contribution in [3.63, 3.8) is 0 Å². The van der Waals surface area contributed by atoms with Crippen molar-refractivity contribution >= 4 is 16.9 Å². The highest BCUT2D eigenvalue weighted by Gasteiger charge is 2.30. The quantitative estimate of drug-likeness (QED) is 0.720. The minimum atomic E-state index is -0.0633. The minimum Gasteiger partial charge on any atom is -0.493 e. The zero-order chi connectivity index (χ0) is 19.7. The normalized spacial score (nSPS) is 16.0. The zero-order valence-corrected chi connectivity index (χ0v) is 16.4. The number of H-pyrrole nitrogens is 1. The predicted octanol–water partition coefficient (Wildman–Crippen LogP) is 4.01. The van der Waals surface area contributed by atoms with Gasteiger partial charge >= 0.3 is 6.03 Å². The Labute approximate surface area is 164 Å². The fraction of sp³-hybridized carbons (Fsp3) is 0.318. The van der Waals surface area contributed by atoms with E-state index in [1.54, 1.807) is 14.2 Å². The Morgan fingerprint density at radius 2 is 1.96 bits per heavy atom. The number of urea groups is 1. The van der Waals surface area contributed by atoms with Crippen LogP contribution in [0.25, 0.3) is 10.9 Å². The molecule has 1 aliphatic rings. The van der Waals surface area contributed by atoms with Gasteiger partial charge in [0.1, 0.15) is 0 Å². The molecule has 146 valence electrons. The molecule has 0 radical (unpaired) electrons. The maximum absolute atomic E-state index is 12.8. The third-order valence-electron chi connectivity index (χ3n) is 5.49. The summed E-state index contributed by atoms with van der Waals surface area (Å²) in [5, 5.41) is 4.29. The first-order valence-electron chi connectivity index (χ1n) is 9.47. The summed E-state index contributed by atoms with van der Waals surface area (Å²) < 4.78 is 10.6. The van der Waals surface area contributed by atoms with Crippen molar-refractivity contribution in [1.82, 2.24) is 15.2 Å². The number of rotatable bonds is 4. The van der Waals surface area contributed by atoms with Crippen molar-refractivity contribution in [2.75, 3.05) is 20.8 Å². The van der Waals surface area contributed by atoms with E-state index in [2.05, 4.69) is 35.4 Å². The van der Waals surface area contributed by atoms with Crippen LogP contribution in [0.3, 0.4) is 0 Å². The number of hydrogen-bond acceptors (Lipinski definition) is 3. The second kappa shape index (κ2) is 7.46. The van der Waals surface area contributed by atoms with Crippen LogP contribution in [0, 0.1) is 0 Å². The van der Waals surface area contributed by atoms with Gasteiger partial charge in [-0.2, -0.15) is 0 Å². The van der Waals surface area contributed by atoms with E-state index in [-0.39, 0.29) is 12.1 Å². The lowest BCUT2D eigenvalue weighted by atomic mass is 9.98. The number of methoxy groups -OCH3 is 2. The molecule has 6 heteroatoms. The van der Waals surface area contributed by atoms with Gasteiger partial charge < -0.3 is 24.7 Å². The number of carbonyl (C=O) groups excluding carboxylic acids is 1. The molecule has 0 fully saturated rings. The van der Waals surface area contributed by atoms with Crippen LogP contribution in [0.1, 0.15) is 29.8 Å². The Morgan fingerprint density at radius 3 is 2.75 bits per heavy atom. The van der Waals surface area contributed by atoms with Gasteiger partial charge in [-0.15, -0.1) is 0 Å². The topological polar surface area (TPSA) is 66.6 Å². The van der Waals surface area contributed by atoms with E-state index in [4.69, 9.17) is 9.47 Å². The van der Waals surface area contributed by atoms with E-state index in [1.165, 1.54) is 10.9 Å². The summed E-state index contributed by atoms with van der Waals surface area (Å²) in [6.45, 7) is 3.21. The third-order valence-corrected chi connectivity index (χ3v) is 5.49. The number of aromatic amines is 1. The van der Waals surface area contributed by atoms with E-state index < -0.39 is 0 Å². The molecule has 1 aromatic heterocycles. The number of nitrogens with zero attached hydrogens (tertiary/aromatic N) is 1. The average molecular weight is 379 g/mol. The van der Waals surface area contributed by atoms with Gasteiger partial charge in [-0.05, 0) is 42.7 Å².